The van der Waals surface area contributed by atoms with Gasteiger partial charge in [0.25, 0.3) is 0 Å². The second-order valence-electron chi connectivity index (χ2n) is 11.1. The summed E-state index contributed by atoms with van der Waals surface area (Å²) in [5.74, 6) is 1.06. The molecular formula is C39H55N2O2S3+. The van der Waals surface area contributed by atoms with Gasteiger partial charge in [-0.25, -0.2) is 0 Å². The zero-order valence-electron chi connectivity index (χ0n) is 28.6. The highest BCUT2D eigenvalue weighted by atomic mass is 32.2. The van der Waals surface area contributed by atoms with Crippen molar-refractivity contribution in [2.45, 2.75) is 91.4 Å². The van der Waals surface area contributed by atoms with Crippen LogP contribution in [0.2, 0.25) is 0 Å². The van der Waals surface area contributed by atoms with Crippen molar-refractivity contribution >= 4 is 47.6 Å². The highest BCUT2D eigenvalue weighted by molar-refractivity contribution is 7.97. The highest BCUT2D eigenvalue weighted by Crippen LogP contribution is 2.30. The summed E-state index contributed by atoms with van der Waals surface area (Å²) in [5.41, 5.74) is 0.852. The van der Waals surface area contributed by atoms with Gasteiger partial charge in [-0.1, -0.05) is 93.6 Å². The van der Waals surface area contributed by atoms with Crippen LogP contribution in [0, 0.1) is 0 Å². The van der Waals surface area contributed by atoms with Crippen LogP contribution >= 0.6 is 24.6 Å². The zero-order valence-corrected chi connectivity index (χ0v) is 31.1. The average Bonchev–Trinajstić information content (AvgIpc) is 3.08. The van der Waals surface area contributed by atoms with E-state index in [1.807, 2.05) is 52.1 Å². The molecule has 4 rings (SSSR count). The minimum Gasteiger partial charge on any atom is -0.379 e. The van der Waals surface area contributed by atoms with Crippen LogP contribution in [-0.4, -0.2) is 31.9 Å². The number of nitrogens with one attached hydrogen (secondary N) is 2. The van der Waals surface area contributed by atoms with E-state index < -0.39 is 0 Å². The summed E-state index contributed by atoms with van der Waals surface area (Å²) in [6.45, 7) is 8.31. The molecule has 4 nitrogen and oxygen atoms in total. The van der Waals surface area contributed by atoms with Crippen LogP contribution in [0.1, 0.15) is 66.2 Å². The molecule has 4 aromatic rings. The quantitative estimate of drug-likeness (QED) is 0.0433. The molecule has 250 valence electrons. The van der Waals surface area contributed by atoms with E-state index in [2.05, 4.69) is 121 Å². The van der Waals surface area contributed by atoms with Crippen LogP contribution in [0.15, 0.2) is 135 Å². The number of ether oxygens (including phenoxy) is 1. The second kappa shape index (κ2) is 26.4. The first-order valence-corrected chi connectivity index (χ1v) is 18.7. The Bertz CT molecular complexity index is 1150. The third-order valence-electron chi connectivity index (χ3n) is 6.36. The van der Waals surface area contributed by atoms with Crippen molar-refractivity contribution < 1.29 is 9.53 Å². The van der Waals surface area contributed by atoms with Gasteiger partial charge in [0.05, 0.1) is 16.5 Å². The van der Waals surface area contributed by atoms with Crippen LogP contribution in [0.3, 0.4) is 0 Å². The summed E-state index contributed by atoms with van der Waals surface area (Å²) in [6.07, 6.45) is 8.93. The minimum atomic E-state index is -0.0146. The van der Waals surface area contributed by atoms with Crippen molar-refractivity contribution in [3.63, 3.8) is 0 Å². The molecule has 0 saturated heterocycles. The summed E-state index contributed by atoms with van der Waals surface area (Å²) >= 11 is 5.68. The number of unbranched alkanes of at least 4 members (excludes halogenated alkanes) is 5. The van der Waals surface area contributed by atoms with Crippen molar-refractivity contribution in [3.8, 4) is 0 Å². The van der Waals surface area contributed by atoms with E-state index in [0.29, 0.717) is 6.41 Å². The van der Waals surface area contributed by atoms with E-state index in [4.69, 9.17) is 4.74 Å². The SMILES string of the molecule is CCCCCCCCS.CNSc1ccc(NC=O)cc1.COC(C)(C)C.c1ccc([S+](c2ccccc2)c2ccccc2)cc1. The molecule has 0 fully saturated rings. The van der Waals surface area contributed by atoms with Crippen LogP contribution in [-0.2, 0) is 20.4 Å². The fourth-order valence-electron chi connectivity index (χ4n) is 3.78. The van der Waals surface area contributed by atoms with E-state index in [0.717, 1.165) is 16.3 Å². The lowest BCUT2D eigenvalue weighted by atomic mass is 10.1. The van der Waals surface area contributed by atoms with Gasteiger partial charge in [0.2, 0.25) is 6.41 Å². The van der Waals surface area contributed by atoms with Crippen LogP contribution in [0.4, 0.5) is 5.69 Å². The monoisotopic (exact) mass is 679 g/mol. The topological polar surface area (TPSA) is 50.4 Å². The number of methoxy groups -OCH3 is 1. The number of thiol groups is 1. The maximum absolute atomic E-state index is 10.1. The average molecular weight is 680 g/mol. The van der Waals surface area contributed by atoms with Crippen molar-refractivity contribution in [1.82, 2.24) is 4.72 Å². The Labute approximate surface area is 292 Å². The predicted molar refractivity (Wildman–Crippen MR) is 207 cm³/mol. The summed E-state index contributed by atoms with van der Waals surface area (Å²) in [5, 5.41) is 2.57. The minimum absolute atomic E-state index is 0.0146. The summed E-state index contributed by atoms with van der Waals surface area (Å²) in [7, 11) is 3.56. The van der Waals surface area contributed by atoms with Gasteiger partial charge in [-0.2, -0.15) is 12.6 Å². The lowest BCUT2D eigenvalue weighted by Crippen LogP contribution is -2.15. The number of rotatable bonds is 13. The van der Waals surface area contributed by atoms with E-state index >= 15 is 0 Å². The Morgan fingerprint density at radius 3 is 1.48 bits per heavy atom. The molecule has 1 amide bonds. The lowest BCUT2D eigenvalue weighted by molar-refractivity contribution is -0.105. The Balaban J connectivity index is 0.000000339. The number of carbonyl (C=O) groups is 1. The molecule has 0 aliphatic heterocycles. The molecule has 0 unspecified atom stereocenters. The smallest absolute Gasteiger partial charge is 0.211 e. The van der Waals surface area contributed by atoms with Gasteiger partial charge in [-0.3, -0.25) is 9.52 Å². The third kappa shape index (κ3) is 19.7. The molecule has 0 radical (unpaired) electrons. The number of carbonyl (C=O) groups excluding carboxylic acids is 1. The normalized spacial score (nSPS) is 10.3. The van der Waals surface area contributed by atoms with Gasteiger partial charge < -0.3 is 10.1 Å². The largest absolute Gasteiger partial charge is 0.379 e. The molecule has 7 heteroatoms. The zero-order chi connectivity index (χ0) is 33.9. The fraction of sp³-hybridized carbons (Fsp3) is 0.359. The van der Waals surface area contributed by atoms with E-state index in [-0.39, 0.29) is 16.5 Å². The molecule has 0 atom stereocenters. The van der Waals surface area contributed by atoms with Crippen LogP contribution in [0.25, 0.3) is 0 Å². The maximum atomic E-state index is 10.1. The number of anilines is 1. The Morgan fingerprint density at radius 1 is 0.717 bits per heavy atom. The maximum Gasteiger partial charge on any atom is 0.211 e. The van der Waals surface area contributed by atoms with Gasteiger partial charge in [-0.15, -0.1) is 0 Å². The molecule has 0 spiro atoms. The van der Waals surface area contributed by atoms with Gasteiger partial charge in [0.15, 0.2) is 14.7 Å². The van der Waals surface area contributed by atoms with Crippen molar-refractivity contribution in [2.24, 2.45) is 0 Å². The van der Waals surface area contributed by atoms with Crippen LogP contribution < -0.4 is 10.0 Å². The van der Waals surface area contributed by atoms with Gasteiger partial charge >= 0.3 is 0 Å². The highest BCUT2D eigenvalue weighted by Gasteiger charge is 2.27. The Kier molecular flexibility index (Phi) is 23.7. The van der Waals surface area contributed by atoms with Gasteiger partial charge in [0, 0.05) is 17.7 Å². The molecule has 0 heterocycles. The molecule has 46 heavy (non-hydrogen) atoms. The first-order valence-electron chi connectivity index (χ1n) is 16.0. The first kappa shape index (κ1) is 41.3. The molecule has 0 aliphatic rings. The Hall–Kier alpha value is -2.68. The van der Waals surface area contributed by atoms with Crippen molar-refractivity contribution in [1.29, 1.82) is 0 Å². The Morgan fingerprint density at radius 2 is 1.13 bits per heavy atom. The van der Waals surface area contributed by atoms with Gasteiger partial charge in [-0.05, 0) is 113 Å². The number of benzene rings is 4. The lowest BCUT2D eigenvalue weighted by Gasteiger charge is -2.14. The summed E-state index contributed by atoms with van der Waals surface area (Å²) < 4.78 is 7.90. The van der Waals surface area contributed by atoms with Crippen molar-refractivity contribution in [3.05, 3.63) is 115 Å². The van der Waals surface area contributed by atoms with Crippen molar-refractivity contribution in [2.75, 3.05) is 25.2 Å². The molecule has 0 bridgehead atoms. The second-order valence-corrected chi connectivity index (χ2v) is 14.7. The molecule has 2 N–H and O–H groups in total. The molecule has 0 saturated carbocycles. The predicted octanol–water partition coefficient (Wildman–Crippen LogP) is 11.0. The molecule has 0 aromatic heterocycles. The van der Waals surface area contributed by atoms with E-state index in [1.165, 1.54) is 65.2 Å². The number of hydrogen-bond donors (Lipinski definition) is 3. The first-order chi connectivity index (χ1) is 22.3. The molecular weight excluding hydrogens is 625 g/mol. The van der Waals surface area contributed by atoms with E-state index in [9.17, 15) is 4.79 Å². The van der Waals surface area contributed by atoms with Gasteiger partial charge in [0.1, 0.15) is 0 Å². The fourth-order valence-corrected chi connectivity index (χ4v) is 6.61. The summed E-state index contributed by atoms with van der Waals surface area (Å²) in [6, 6.07) is 39.7. The van der Waals surface area contributed by atoms with Crippen LogP contribution in [0.5, 0.6) is 0 Å². The standard InChI is InChI=1S/C18H15S.C8H10N2OS.C8H18S.C5H12O/c1-4-10-16(11-5-1)19(17-12-6-2-7-13-17)18-14-8-3-9-15-18;1-9-12-8-4-2-7(3-5-8)10-6-11;1-2-3-4-5-6-7-8-9;1-5(2,3)6-4/h1-15H;2-6,9H,1H3,(H,10,11);9H,2-8H2,1H3;1-4H3/q+1;;;. The van der Waals surface area contributed by atoms with E-state index in [1.54, 1.807) is 7.11 Å². The molecule has 4 aromatic carbocycles. The number of amides is 1. The molecule has 0 aliphatic carbocycles. The summed E-state index contributed by atoms with van der Waals surface area (Å²) in [4.78, 5) is 15.3. The number of hydrogen-bond acceptors (Lipinski definition) is 5. The third-order valence-corrected chi connectivity index (χ3v) is 9.62.